The van der Waals surface area contributed by atoms with Gasteiger partial charge in [0.2, 0.25) is 0 Å². The van der Waals surface area contributed by atoms with Crippen LogP contribution in [0.2, 0.25) is 5.02 Å². The van der Waals surface area contributed by atoms with Crippen LogP contribution in [0.5, 0.6) is 0 Å². The highest BCUT2D eigenvalue weighted by Crippen LogP contribution is 2.33. The molecule has 0 radical (unpaired) electrons. The number of halogens is 1. The van der Waals surface area contributed by atoms with Gasteiger partial charge in [-0.2, -0.15) is 0 Å². The number of nitrogens with one attached hydrogen (secondary N) is 1. The highest BCUT2D eigenvalue weighted by molar-refractivity contribution is 6.32. The van der Waals surface area contributed by atoms with Crippen LogP contribution in [-0.4, -0.2) is 17.5 Å². The summed E-state index contributed by atoms with van der Waals surface area (Å²) in [4.78, 5) is 29.2. The second-order valence-corrected chi connectivity index (χ2v) is 6.43. The Morgan fingerprint density at radius 3 is 2.67 bits per heavy atom. The first-order valence-corrected chi connectivity index (χ1v) is 8.53. The average molecular weight is 380 g/mol. The SMILES string of the molecule is NC(=O)c1occc1C1N=C(c2ccccc2)c2cc(Cl)ccc2NC1=O. The van der Waals surface area contributed by atoms with Crippen molar-refractivity contribution in [1.82, 2.24) is 0 Å². The number of carbonyl (C=O) groups excluding carboxylic acids is 2. The van der Waals surface area contributed by atoms with Crippen LogP contribution in [0.1, 0.15) is 33.3 Å². The van der Waals surface area contributed by atoms with E-state index in [1.54, 1.807) is 18.2 Å². The summed E-state index contributed by atoms with van der Waals surface area (Å²) in [5.74, 6) is -1.24. The molecular weight excluding hydrogens is 366 g/mol. The third kappa shape index (κ3) is 3.11. The van der Waals surface area contributed by atoms with Crippen LogP contribution in [0.4, 0.5) is 5.69 Å². The van der Waals surface area contributed by atoms with Gasteiger partial charge in [0.05, 0.1) is 17.7 Å². The van der Waals surface area contributed by atoms with E-state index < -0.39 is 17.9 Å². The van der Waals surface area contributed by atoms with Gasteiger partial charge in [0.25, 0.3) is 11.8 Å². The number of primary amides is 1. The molecule has 0 saturated heterocycles. The minimum absolute atomic E-state index is 0.0877. The summed E-state index contributed by atoms with van der Waals surface area (Å²) in [5, 5.41) is 3.37. The number of nitrogens with two attached hydrogens (primary N) is 1. The molecule has 2 amide bonds. The topological polar surface area (TPSA) is 97.7 Å². The third-order valence-electron chi connectivity index (χ3n) is 4.26. The zero-order chi connectivity index (χ0) is 19.0. The van der Waals surface area contributed by atoms with Gasteiger partial charge in [-0.25, -0.2) is 0 Å². The second kappa shape index (κ2) is 6.74. The van der Waals surface area contributed by atoms with Crippen molar-refractivity contribution < 1.29 is 14.0 Å². The Labute approximate surface area is 159 Å². The van der Waals surface area contributed by atoms with E-state index in [4.69, 9.17) is 21.8 Å². The number of fused-ring (bicyclic) bond motifs is 1. The first kappa shape index (κ1) is 17.1. The van der Waals surface area contributed by atoms with Crippen LogP contribution in [0.3, 0.4) is 0 Å². The van der Waals surface area contributed by atoms with Gasteiger partial charge < -0.3 is 15.5 Å². The molecule has 1 unspecified atom stereocenters. The summed E-state index contributed by atoms with van der Waals surface area (Å²) in [6.45, 7) is 0. The summed E-state index contributed by atoms with van der Waals surface area (Å²) in [6.07, 6.45) is 1.31. The number of nitrogens with zero attached hydrogens (tertiary/aromatic N) is 1. The van der Waals surface area contributed by atoms with E-state index >= 15 is 0 Å². The molecule has 0 fully saturated rings. The minimum atomic E-state index is -0.993. The van der Waals surface area contributed by atoms with Crippen LogP contribution in [0, 0.1) is 0 Å². The van der Waals surface area contributed by atoms with Crippen molar-refractivity contribution in [2.45, 2.75) is 6.04 Å². The van der Waals surface area contributed by atoms with Crippen LogP contribution in [-0.2, 0) is 4.79 Å². The molecule has 3 aromatic rings. The molecular formula is C20H14ClN3O3. The van der Waals surface area contributed by atoms with Gasteiger partial charge in [0.1, 0.15) is 0 Å². The lowest BCUT2D eigenvalue weighted by molar-refractivity contribution is -0.117. The van der Waals surface area contributed by atoms with Crippen molar-refractivity contribution in [2.75, 3.05) is 5.32 Å². The molecule has 1 aliphatic rings. The maximum Gasteiger partial charge on any atom is 0.284 e. The van der Waals surface area contributed by atoms with Gasteiger partial charge in [-0.3, -0.25) is 14.6 Å². The summed E-state index contributed by atoms with van der Waals surface area (Å²) in [7, 11) is 0. The van der Waals surface area contributed by atoms with E-state index in [2.05, 4.69) is 10.3 Å². The van der Waals surface area contributed by atoms with Crippen molar-refractivity contribution in [3.8, 4) is 0 Å². The number of carbonyl (C=O) groups is 2. The number of hydrogen-bond acceptors (Lipinski definition) is 4. The second-order valence-electron chi connectivity index (χ2n) is 5.99. The van der Waals surface area contributed by atoms with E-state index in [-0.39, 0.29) is 5.76 Å². The fraction of sp³-hybridized carbons (Fsp3) is 0.0500. The standard InChI is InChI=1S/C20H14ClN3O3/c21-12-6-7-15-14(10-12)16(11-4-2-1-3-5-11)24-17(20(26)23-15)13-8-9-27-18(13)19(22)25/h1-10,17H,(H2,22,25)(H,23,26). The third-order valence-corrected chi connectivity index (χ3v) is 4.50. The van der Waals surface area contributed by atoms with Crippen LogP contribution in [0.25, 0.3) is 0 Å². The Morgan fingerprint density at radius 1 is 1.15 bits per heavy atom. The molecule has 27 heavy (non-hydrogen) atoms. The molecule has 134 valence electrons. The summed E-state index contributed by atoms with van der Waals surface area (Å²) in [5.41, 5.74) is 8.34. The van der Waals surface area contributed by atoms with Crippen LogP contribution >= 0.6 is 11.6 Å². The Kier molecular flexibility index (Phi) is 4.25. The molecule has 6 nitrogen and oxygen atoms in total. The molecule has 1 aromatic heterocycles. The first-order chi connectivity index (χ1) is 13.0. The Bertz CT molecular complexity index is 1070. The van der Waals surface area contributed by atoms with Gasteiger partial charge in [-0.1, -0.05) is 41.9 Å². The minimum Gasteiger partial charge on any atom is -0.459 e. The smallest absolute Gasteiger partial charge is 0.284 e. The number of anilines is 1. The Morgan fingerprint density at radius 2 is 1.93 bits per heavy atom. The Balaban J connectivity index is 1.95. The lowest BCUT2D eigenvalue weighted by Gasteiger charge is -2.10. The van der Waals surface area contributed by atoms with Crippen molar-refractivity contribution in [3.63, 3.8) is 0 Å². The van der Waals surface area contributed by atoms with Gasteiger partial charge in [0, 0.05) is 21.7 Å². The largest absolute Gasteiger partial charge is 0.459 e. The van der Waals surface area contributed by atoms with Gasteiger partial charge in [0.15, 0.2) is 11.8 Å². The predicted molar refractivity (Wildman–Crippen MR) is 102 cm³/mol. The zero-order valence-electron chi connectivity index (χ0n) is 14.0. The van der Waals surface area contributed by atoms with E-state index in [0.717, 1.165) is 5.56 Å². The number of benzodiazepines with no additional fused rings is 1. The fourth-order valence-electron chi connectivity index (χ4n) is 3.05. The maximum atomic E-state index is 12.9. The molecule has 7 heteroatoms. The summed E-state index contributed by atoms with van der Waals surface area (Å²) >= 11 is 6.18. The van der Waals surface area contributed by atoms with Crippen molar-refractivity contribution in [2.24, 2.45) is 10.7 Å². The Hall–Kier alpha value is -3.38. The lowest BCUT2D eigenvalue weighted by atomic mass is 10.0. The molecule has 1 aliphatic heterocycles. The number of rotatable bonds is 3. The number of furan rings is 1. The molecule has 0 bridgehead atoms. The van der Waals surface area contributed by atoms with Gasteiger partial charge in [-0.15, -0.1) is 0 Å². The summed E-state index contributed by atoms with van der Waals surface area (Å²) in [6, 6.07) is 15.1. The number of hydrogen-bond donors (Lipinski definition) is 2. The van der Waals surface area contributed by atoms with E-state index in [9.17, 15) is 9.59 Å². The predicted octanol–water partition coefficient (Wildman–Crippen LogP) is 3.56. The number of amides is 2. The highest BCUT2D eigenvalue weighted by Gasteiger charge is 2.31. The van der Waals surface area contributed by atoms with Crippen LogP contribution < -0.4 is 11.1 Å². The highest BCUT2D eigenvalue weighted by atomic mass is 35.5. The quantitative estimate of drug-likeness (QED) is 0.727. The molecule has 3 N–H and O–H groups in total. The fourth-order valence-corrected chi connectivity index (χ4v) is 3.22. The molecule has 4 rings (SSSR count). The molecule has 2 aromatic carbocycles. The average Bonchev–Trinajstić information content (AvgIpc) is 3.09. The molecule has 2 heterocycles. The summed E-state index contributed by atoms with van der Waals surface area (Å²) < 4.78 is 5.16. The van der Waals surface area contributed by atoms with E-state index in [0.29, 0.717) is 27.5 Å². The van der Waals surface area contributed by atoms with Crippen molar-refractivity contribution in [3.05, 3.63) is 88.3 Å². The van der Waals surface area contributed by atoms with Crippen LogP contribution in [0.15, 0.2) is 70.3 Å². The van der Waals surface area contributed by atoms with Crippen molar-refractivity contribution in [1.29, 1.82) is 0 Å². The lowest BCUT2D eigenvalue weighted by Crippen LogP contribution is -2.21. The first-order valence-electron chi connectivity index (χ1n) is 8.16. The number of aliphatic imine (C=N–C) groups is 1. The van der Waals surface area contributed by atoms with E-state index in [1.807, 2.05) is 30.3 Å². The van der Waals surface area contributed by atoms with Crippen molar-refractivity contribution >= 4 is 34.8 Å². The monoisotopic (exact) mass is 379 g/mol. The normalized spacial score (nSPS) is 16.1. The molecule has 0 saturated carbocycles. The zero-order valence-corrected chi connectivity index (χ0v) is 14.7. The van der Waals surface area contributed by atoms with E-state index in [1.165, 1.54) is 12.3 Å². The van der Waals surface area contributed by atoms with Gasteiger partial charge >= 0.3 is 0 Å². The molecule has 0 spiro atoms. The number of benzene rings is 2. The molecule has 0 aliphatic carbocycles. The van der Waals surface area contributed by atoms with Gasteiger partial charge in [-0.05, 0) is 24.3 Å². The molecule has 1 atom stereocenters. The maximum absolute atomic E-state index is 12.9.